The highest BCUT2D eigenvalue weighted by Gasteiger charge is 2.34. The van der Waals surface area contributed by atoms with Crippen molar-refractivity contribution >= 4 is 40.6 Å². The van der Waals surface area contributed by atoms with E-state index < -0.39 is 16.4 Å². The first-order valence-electron chi connectivity index (χ1n) is 6.10. The van der Waals surface area contributed by atoms with E-state index >= 15 is 0 Å². The number of carbonyl (C=O) groups excluding carboxylic acids is 3. The van der Waals surface area contributed by atoms with Crippen LogP contribution in [0, 0.1) is 6.92 Å². The third-order valence-corrected chi connectivity index (χ3v) is 3.73. The van der Waals surface area contributed by atoms with Crippen LogP contribution in [0.5, 0.6) is 5.75 Å². The highest BCUT2D eigenvalue weighted by atomic mass is 35.5. The summed E-state index contributed by atoms with van der Waals surface area (Å²) in [5.41, 5.74) is 0.920. The van der Waals surface area contributed by atoms with Gasteiger partial charge in [-0.2, -0.15) is 0 Å². The van der Waals surface area contributed by atoms with E-state index in [2.05, 4.69) is 0 Å². The summed E-state index contributed by atoms with van der Waals surface area (Å²) in [4.78, 5) is 35.5. The third kappa shape index (κ3) is 2.49. The van der Waals surface area contributed by atoms with Crippen molar-refractivity contribution in [3.05, 3.63) is 40.0 Å². The number of alkyl halides is 2. The van der Waals surface area contributed by atoms with Crippen LogP contribution in [0.4, 0.5) is 0 Å². The lowest BCUT2D eigenvalue weighted by Crippen LogP contribution is -2.24. The van der Waals surface area contributed by atoms with Crippen molar-refractivity contribution in [1.29, 1.82) is 0 Å². The van der Waals surface area contributed by atoms with E-state index in [0.717, 1.165) is 0 Å². The van der Waals surface area contributed by atoms with E-state index in [1.54, 1.807) is 6.92 Å². The van der Waals surface area contributed by atoms with E-state index in [1.807, 2.05) is 0 Å². The molecule has 0 unspecified atom stereocenters. The zero-order valence-electron chi connectivity index (χ0n) is 11.6. The number of methoxy groups -OCH3 is 1. The van der Waals surface area contributed by atoms with Crippen LogP contribution in [-0.4, -0.2) is 29.3 Å². The van der Waals surface area contributed by atoms with Crippen molar-refractivity contribution in [3.63, 3.8) is 0 Å². The van der Waals surface area contributed by atoms with Gasteiger partial charge in [0.25, 0.3) is 0 Å². The molecule has 1 aromatic carbocycles. The first kappa shape index (κ1) is 15.7. The molecule has 0 saturated carbocycles. The van der Waals surface area contributed by atoms with Crippen molar-refractivity contribution < 1.29 is 19.1 Å². The van der Waals surface area contributed by atoms with Gasteiger partial charge in [0.1, 0.15) is 5.75 Å². The van der Waals surface area contributed by atoms with E-state index in [-0.39, 0.29) is 33.8 Å². The van der Waals surface area contributed by atoms with Gasteiger partial charge in [0.15, 0.2) is 22.2 Å². The molecule has 110 valence electrons. The Labute approximate surface area is 131 Å². The highest BCUT2D eigenvalue weighted by molar-refractivity contribution is 6.56. The first-order chi connectivity index (χ1) is 9.79. The molecule has 0 amide bonds. The number of hydrogen-bond donors (Lipinski definition) is 0. The Balaban J connectivity index is 2.89. The molecule has 0 bridgehead atoms. The maximum Gasteiger partial charge on any atom is 0.196 e. The van der Waals surface area contributed by atoms with Crippen LogP contribution in [0.15, 0.2) is 17.7 Å². The number of rotatable bonds is 3. The van der Waals surface area contributed by atoms with Crippen LogP contribution in [0.3, 0.4) is 0 Å². The first-order valence-corrected chi connectivity index (χ1v) is 6.98. The number of Topliss-reactive ketones (excluding diaryl/α,β-unsaturated/α-hetero) is 2. The molecule has 0 aromatic heterocycles. The molecule has 0 fully saturated rings. The number of ketones is 3. The van der Waals surface area contributed by atoms with Gasteiger partial charge in [-0.1, -0.05) is 23.2 Å². The topological polar surface area (TPSA) is 60.4 Å². The molecule has 21 heavy (non-hydrogen) atoms. The van der Waals surface area contributed by atoms with Gasteiger partial charge in [-0.15, -0.1) is 0 Å². The van der Waals surface area contributed by atoms with Crippen molar-refractivity contribution in [2.45, 2.75) is 18.7 Å². The minimum atomic E-state index is -1.31. The molecular weight excluding hydrogens is 315 g/mol. The molecule has 1 aliphatic carbocycles. The Hall–Kier alpha value is -1.65. The van der Waals surface area contributed by atoms with E-state index in [4.69, 9.17) is 27.9 Å². The van der Waals surface area contributed by atoms with Gasteiger partial charge in [-0.05, 0) is 31.6 Å². The maximum absolute atomic E-state index is 12.4. The summed E-state index contributed by atoms with van der Waals surface area (Å²) in [5.74, 6) is -1.13. The highest BCUT2D eigenvalue weighted by Crippen LogP contribution is 2.35. The maximum atomic E-state index is 12.4. The average Bonchev–Trinajstić information content (AvgIpc) is 2.42. The Kier molecular flexibility index (Phi) is 4.21. The summed E-state index contributed by atoms with van der Waals surface area (Å²) in [5, 5.41) is 0. The van der Waals surface area contributed by atoms with Gasteiger partial charge in [0, 0.05) is 16.7 Å². The fourth-order valence-corrected chi connectivity index (χ4v) is 2.60. The fourth-order valence-electron chi connectivity index (χ4n) is 2.38. The molecule has 1 aromatic rings. The molecule has 2 rings (SSSR count). The Morgan fingerprint density at radius 2 is 1.81 bits per heavy atom. The van der Waals surface area contributed by atoms with E-state index in [0.29, 0.717) is 5.56 Å². The molecule has 4 nitrogen and oxygen atoms in total. The van der Waals surface area contributed by atoms with Crippen molar-refractivity contribution in [1.82, 2.24) is 0 Å². The SMILES string of the molecule is COc1cc(C)c(C(=O)C(Cl)Cl)c2c1C(=O)C=C(C)C2=O. The number of carbonyl (C=O) groups is 3. The molecule has 1 aliphatic rings. The third-order valence-electron chi connectivity index (χ3n) is 3.33. The number of allylic oxidation sites excluding steroid dienone is 2. The molecular formula is C15H12Cl2O4. The number of halogens is 2. The van der Waals surface area contributed by atoms with Crippen LogP contribution in [0.2, 0.25) is 0 Å². The monoisotopic (exact) mass is 326 g/mol. The molecule has 6 heteroatoms. The summed E-state index contributed by atoms with van der Waals surface area (Å²) >= 11 is 11.3. The second kappa shape index (κ2) is 5.62. The van der Waals surface area contributed by atoms with Crippen molar-refractivity contribution in [2.75, 3.05) is 7.11 Å². The summed E-state index contributed by atoms with van der Waals surface area (Å²) in [6.07, 6.45) is 1.23. The normalized spacial score (nSPS) is 14.1. The minimum Gasteiger partial charge on any atom is -0.496 e. The van der Waals surface area contributed by atoms with E-state index in [1.165, 1.54) is 26.2 Å². The zero-order valence-corrected chi connectivity index (χ0v) is 13.1. The van der Waals surface area contributed by atoms with Crippen LogP contribution in [0.1, 0.15) is 43.6 Å². The smallest absolute Gasteiger partial charge is 0.196 e. The number of ether oxygens (including phenoxy) is 1. The van der Waals surface area contributed by atoms with Crippen molar-refractivity contribution in [2.24, 2.45) is 0 Å². The van der Waals surface area contributed by atoms with Crippen LogP contribution in [-0.2, 0) is 0 Å². The Bertz CT molecular complexity index is 702. The van der Waals surface area contributed by atoms with Gasteiger partial charge in [0.2, 0.25) is 0 Å². The summed E-state index contributed by atoms with van der Waals surface area (Å²) in [7, 11) is 1.39. The second-order valence-corrected chi connectivity index (χ2v) is 5.80. The predicted octanol–water partition coefficient (Wildman–Crippen LogP) is 3.32. The lowest BCUT2D eigenvalue weighted by atomic mass is 9.83. The summed E-state index contributed by atoms with van der Waals surface area (Å²) < 4.78 is 5.16. The molecule has 0 N–H and O–H groups in total. The van der Waals surface area contributed by atoms with Gasteiger partial charge in [-0.3, -0.25) is 14.4 Å². The summed E-state index contributed by atoms with van der Waals surface area (Å²) in [6.45, 7) is 3.16. The lowest BCUT2D eigenvalue weighted by Gasteiger charge is -2.21. The van der Waals surface area contributed by atoms with Crippen LogP contribution >= 0.6 is 23.2 Å². The number of aryl methyl sites for hydroxylation is 1. The largest absolute Gasteiger partial charge is 0.496 e. The standard InChI is InChI=1S/C15H12Cl2O4/c1-6-5-9(21-3)11-8(18)4-7(2)13(19)12(11)10(6)14(20)15(16)17/h4-5,15H,1-3H3. The van der Waals surface area contributed by atoms with Crippen LogP contribution in [0.25, 0.3) is 0 Å². The average molecular weight is 327 g/mol. The van der Waals surface area contributed by atoms with Crippen molar-refractivity contribution in [3.8, 4) is 5.75 Å². The Morgan fingerprint density at radius 3 is 2.33 bits per heavy atom. The second-order valence-electron chi connectivity index (χ2n) is 4.71. The quantitative estimate of drug-likeness (QED) is 0.631. The number of hydrogen-bond acceptors (Lipinski definition) is 4. The van der Waals surface area contributed by atoms with Gasteiger partial charge < -0.3 is 4.74 Å². The predicted molar refractivity (Wildman–Crippen MR) is 80.0 cm³/mol. The van der Waals surface area contributed by atoms with Crippen LogP contribution < -0.4 is 4.74 Å². The van der Waals surface area contributed by atoms with E-state index in [9.17, 15) is 14.4 Å². The number of benzene rings is 1. The minimum absolute atomic E-state index is 0.0214. The summed E-state index contributed by atoms with van der Waals surface area (Å²) in [6, 6.07) is 1.53. The van der Waals surface area contributed by atoms with Gasteiger partial charge >= 0.3 is 0 Å². The Morgan fingerprint density at radius 1 is 1.19 bits per heavy atom. The molecule has 0 saturated heterocycles. The molecule has 0 spiro atoms. The fraction of sp³-hybridized carbons (Fsp3) is 0.267. The number of fused-ring (bicyclic) bond motifs is 1. The molecule has 0 aliphatic heterocycles. The molecule has 0 atom stereocenters. The molecule has 0 heterocycles. The van der Waals surface area contributed by atoms with Gasteiger partial charge in [-0.25, -0.2) is 0 Å². The molecule has 0 radical (unpaired) electrons. The van der Waals surface area contributed by atoms with Gasteiger partial charge in [0.05, 0.1) is 12.7 Å². The lowest BCUT2D eigenvalue weighted by molar-refractivity contribution is 0.0966. The zero-order chi connectivity index (χ0) is 15.9.